The van der Waals surface area contributed by atoms with Crippen molar-refractivity contribution in [3.05, 3.63) is 72.2 Å². The molecule has 102 valence electrons. The lowest BCUT2D eigenvalue weighted by atomic mass is 10.2. The second-order valence-electron chi connectivity index (χ2n) is 4.39. The second-order valence-corrected chi connectivity index (χ2v) is 4.39. The van der Waals surface area contributed by atoms with E-state index in [1.54, 1.807) is 24.3 Å². The van der Waals surface area contributed by atoms with Gasteiger partial charge in [0.15, 0.2) is 0 Å². The highest BCUT2D eigenvalue weighted by Crippen LogP contribution is 2.11. The van der Waals surface area contributed by atoms with Gasteiger partial charge in [-0.2, -0.15) is 0 Å². The normalized spacial score (nSPS) is 10.3. The number of rotatable bonds is 2. The van der Waals surface area contributed by atoms with Crippen molar-refractivity contribution in [2.75, 3.05) is 0 Å². The fourth-order valence-corrected chi connectivity index (χ4v) is 1.92. The number of para-hydroxylation sites is 1. The molecule has 1 aromatic carbocycles. The third-order valence-corrected chi connectivity index (χ3v) is 2.96. The first kappa shape index (κ1) is 12.9. The van der Waals surface area contributed by atoms with Crippen LogP contribution in [0, 0.1) is 0 Å². The van der Waals surface area contributed by atoms with E-state index in [-0.39, 0.29) is 11.4 Å². The smallest absolute Gasteiger partial charge is 0.276 e. The molecule has 0 fully saturated rings. The van der Waals surface area contributed by atoms with E-state index >= 15 is 0 Å². The Kier molecular flexibility index (Phi) is 3.39. The molecule has 0 aliphatic rings. The van der Waals surface area contributed by atoms with Crippen molar-refractivity contribution in [1.29, 1.82) is 0 Å². The van der Waals surface area contributed by atoms with Gasteiger partial charge in [-0.15, -0.1) is 0 Å². The Morgan fingerprint density at radius 2 is 1.57 bits per heavy atom. The van der Waals surface area contributed by atoms with Crippen LogP contribution in [0.25, 0.3) is 10.9 Å². The molecule has 0 aliphatic carbocycles. The number of carbonyl (C=O) groups is 2. The van der Waals surface area contributed by atoms with Crippen LogP contribution in [0.1, 0.15) is 21.0 Å². The van der Waals surface area contributed by atoms with Gasteiger partial charge < -0.3 is 0 Å². The zero-order valence-corrected chi connectivity index (χ0v) is 11.0. The summed E-state index contributed by atoms with van der Waals surface area (Å²) < 4.78 is 0. The Labute approximate surface area is 120 Å². The molecule has 0 radical (unpaired) electrons. The minimum Gasteiger partial charge on any atom is -0.285 e. The Hall–Kier alpha value is -3.08. The maximum Gasteiger partial charge on any atom is 0.276 e. The number of amides is 2. The summed E-state index contributed by atoms with van der Waals surface area (Å²) in [5.41, 5.74) is 1.08. The van der Waals surface area contributed by atoms with Gasteiger partial charge in [-0.3, -0.25) is 19.9 Å². The fourth-order valence-electron chi connectivity index (χ4n) is 1.92. The summed E-state index contributed by atoms with van der Waals surface area (Å²) in [6.45, 7) is 0. The molecular formula is C16H11N3O2. The van der Waals surface area contributed by atoms with Crippen molar-refractivity contribution in [3.63, 3.8) is 0 Å². The van der Waals surface area contributed by atoms with E-state index in [1.807, 2.05) is 24.3 Å². The number of nitrogens with one attached hydrogen (secondary N) is 1. The summed E-state index contributed by atoms with van der Waals surface area (Å²) in [6.07, 6.45) is 1.49. The molecule has 5 nitrogen and oxygen atoms in total. The lowest BCUT2D eigenvalue weighted by molar-refractivity contribution is 0.0843. The summed E-state index contributed by atoms with van der Waals surface area (Å²) in [7, 11) is 0. The molecular weight excluding hydrogens is 266 g/mol. The molecule has 3 aromatic rings. The Morgan fingerprint density at radius 3 is 2.38 bits per heavy atom. The second kappa shape index (κ2) is 5.50. The number of nitrogens with zero attached hydrogens (tertiary/aromatic N) is 2. The van der Waals surface area contributed by atoms with E-state index in [4.69, 9.17) is 0 Å². The Balaban J connectivity index is 1.82. The third kappa shape index (κ3) is 2.76. The topological polar surface area (TPSA) is 72.0 Å². The quantitative estimate of drug-likeness (QED) is 0.729. The van der Waals surface area contributed by atoms with Crippen molar-refractivity contribution >= 4 is 22.7 Å². The highest BCUT2D eigenvalue weighted by Gasteiger charge is 2.14. The van der Waals surface area contributed by atoms with E-state index in [0.29, 0.717) is 5.52 Å². The van der Waals surface area contributed by atoms with Gasteiger partial charge >= 0.3 is 0 Å². The van der Waals surface area contributed by atoms with Crippen molar-refractivity contribution < 1.29 is 9.59 Å². The van der Waals surface area contributed by atoms with Crippen LogP contribution in [0.15, 0.2) is 60.8 Å². The molecule has 0 aliphatic heterocycles. The lowest BCUT2D eigenvalue weighted by Gasteiger charge is -2.04. The minimum absolute atomic E-state index is 0.187. The van der Waals surface area contributed by atoms with Crippen molar-refractivity contribution in [2.24, 2.45) is 0 Å². The predicted octanol–water partition coefficient (Wildman–Crippen LogP) is 2.20. The Bertz CT molecular complexity index is 816. The summed E-state index contributed by atoms with van der Waals surface area (Å²) in [4.78, 5) is 32.0. The van der Waals surface area contributed by atoms with E-state index in [2.05, 4.69) is 15.3 Å². The van der Waals surface area contributed by atoms with Gasteiger partial charge in [0.2, 0.25) is 0 Å². The molecule has 21 heavy (non-hydrogen) atoms. The van der Waals surface area contributed by atoms with Crippen LogP contribution in [0.2, 0.25) is 0 Å². The highest BCUT2D eigenvalue weighted by molar-refractivity contribution is 6.09. The van der Waals surface area contributed by atoms with Crippen LogP contribution in [-0.4, -0.2) is 21.8 Å². The van der Waals surface area contributed by atoms with Crippen LogP contribution < -0.4 is 5.32 Å². The number of benzene rings is 1. The number of hydrogen-bond acceptors (Lipinski definition) is 4. The lowest BCUT2D eigenvalue weighted by Crippen LogP contribution is -2.31. The van der Waals surface area contributed by atoms with Gasteiger partial charge in [-0.1, -0.05) is 30.3 Å². The molecule has 2 amide bonds. The summed E-state index contributed by atoms with van der Waals surface area (Å²) >= 11 is 0. The number of aromatic nitrogens is 2. The molecule has 1 N–H and O–H groups in total. The fraction of sp³-hybridized carbons (Fsp3) is 0. The van der Waals surface area contributed by atoms with Gasteiger partial charge in [-0.05, 0) is 24.3 Å². The summed E-state index contributed by atoms with van der Waals surface area (Å²) in [5, 5.41) is 3.21. The molecule has 0 saturated carbocycles. The van der Waals surface area contributed by atoms with E-state index in [1.165, 1.54) is 12.3 Å². The third-order valence-electron chi connectivity index (χ3n) is 2.96. The van der Waals surface area contributed by atoms with Crippen molar-refractivity contribution in [1.82, 2.24) is 15.3 Å². The SMILES string of the molecule is O=C(NC(=O)c1ccc2ccccc2n1)c1ccccn1. The van der Waals surface area contributed by atoms with Crippen LogP contribution in [0.4, 0.5) is 0 Å². The van der Waals surface area contributed by atoms with Gasteiger partial charge in [0.1, 0.15) is 11.4 Å². The van der Waals surface area contributed by atoms with Gasteiger partial charge in [0.05, 0.1) is 5.52 Å². The predicted molar refractivity (Wildman–Crippen MR) is 77.8 cm³/mol. The number of hydrogen-bond donors (Lipinski definition) is 1. The first-order valence-corrected chi connectivity index (χ1v) is 6.36. The summed E-state index contributed by atoms with van der Waals surface area (Å²) in [5.74, 6) is -1.09. The van der Waals surface area contributed by atoms with E-state index < -0.39 is 11.8 Å². The van der Waals surface area contributed by atoms with Crippen molar-refractivity contribution in [3.8, 4) is 0 Å². The summed E-state index contributed by atoms with van der Waals surface area (Å²) in [6, 6.07) is 15.8. The van der Waals surface area contributed by atoms with Gasteiger partial charge in [0, 0.05) is 11.6 Å². The zero-order chi connectivity index (χ0) is 14.7. The van der Waals surface area contributed by atoms with Gasteiger partial charge in [-0.25, -0.2) is 4.98 Å². The molecule has 2 aromatic heterocycles. The molecule has 0 saturated heterocycles. The van der Waals surface area contributed by atoms with Crippen molar-refractivity contribution in [2.45, 2.75) is 0 Å². The first-order valence-electron chi connectivity index (χ1n) is 6.36. The average molecular weight is 277 g/mol. The highest BCUT2D eigenvalue weighted by atomic mass is 16.2. The molecule has 3 rings (SSSR count). The molecule has 0 atom stereocenters. The maximum atomic E-state index is 12.0. The first-order chi connectivity index (χ1) is 10.2. The van der Waals surface area contributed by atoms with E-state index in [9.17, 15) is 9.59 Å². The Morgan fingerprint density at radius 1 is 0.810 bits per heavy atom. The number of fused-ring (bicyclic) bond motifs is 1. The van der Waals surface area contributed by atoms with Crippen LogP contribution >= 0.6 is 0 Å². The molecule has 2 heterocycles. The molecule has 5 heteroatoms. The minimum atomic E-state index is -0.546. The van der Waals surface area contributed by atoms with Crippen LogP contribution in [0.5, 0.6) is 0 Å². The average Bonchev–Trinajstić information content (AvgIpc) is 2.55. The number of carbonyl (C=O) groups excluding carboxylic acids is 2. The zero-order valence-electron chi connectivity index (χ0n) is 11.0. The molecule has 0 bridgehead atoms. The number of imide groups is 1. The van der Waals surface area contributed by atoms with E-state index in [0.717, 1.165) is 5.39 Å². The largest absolute Gasteiger partial charge is 0.285 e. The molecule has 0 unspecified atom stereocenters. The maximum absolute atomic E-state index is 12.0. The number of pyridine rings is 2. The van der Waals surface area contributed by atoms with Crippen LogP contribution in [0.3, 0.4) is 0 Å². The standard InChI is InChI=1S/C16H11N3O2/c20-15(13-7-3-4-10-17-13)19-16(21)14-9-8-11-5-1-2-6-12(11)18-14/h1-10H,(H,19,20,21). The molecule has 0 spiro atoms. The van der Waals surface area contributed by atoms with Gasteiger partial charge in [0.25, 0.3) is 11.8 Å². The monoisotopic (exact) mass is 277 g/mol. The van der Waals surface area contributed by atoms with Crippen LogP contribution in [-0.2, 0) is 0 Å².